The van der Waals surface area contributed by atoms with Gasteiger partial charge in [-0.1, -0.05) is 26.0 Å². The van der Waals surface area contributed by atoms with E-state index in [9.17, 15) is 9.18 Å². The highest BCUT2D eigenvalue weighted by Gasteiger charge is 2.16. The maximum Gasteiger partial charge on any atom is 0.263 e. The van der Waals surface area contributed by atoms with Crippen molar-refractivity contribution in [2.45, 2.75) is 33.2 Å². The van der Waals surface area contributed by atoms with Gasteiger partial charge >= 0.3 is 0 Å². The van der Waals surface area contributed by atoms with Gasteiger partial charge in [-0.05, 0) is 24.6 Å². The number of benzene rings is 1. The molecule has 0 aliphatic heterocycles. The molecule has 0 unspecified atom stereocenters. The summed E-state index contributed by atoms with van der Waals surface area (Å²) in [6.07, 6.45) is 0. The molecule has 1 N–H and O–H groups in total. The number of aryl methyl sites for hydroxylation is 1. The van der Waals surface area contributed by atoms with Gasteiger partial charge in [-0.3, -0.25) is 4.79 Å². The van der Waals surface area contributed by atoms with Crippen LogP contribution in [0, 0.1) is 12.7 Å². The molecule has 3 nitrogen and oxygen atoms in total. The van der Waals surface area contributed by atoms with E-state index in [2.05, 4.69) is 24.1 Å². The van der Waals surface area contributed by atoms with Crippen LogP contribution in [0.5, 0.6) is 0 Å². The number of carbonyl (C=O) groups is 1. The van der Waals surface area contributed by atoms with Crippen molar-refractivity contribution in [3.8, 4) is 0 Å². The zero-order chi connectivity index (χ0) is 14.7. The van der Waals surface area contributed by atoms with Crippen molar-refractivity contribution in [2.24, 2.45) is 0 Å². The Morgan fingerprint density at radius 3 is 2.55 bits per heavy atom. The van der Waals surface area contributed by atoms with Gasteiger partial charge in [0.15, 0.2) is 0 Å². The summed E-state index contributed by atoms with van der Waals surface area (Å²) in [7, 11) is 0. The predicted octanol–water partition coefficient (Wildman–Crippen LogP) is 3.64. The van der Waals surface area contributed by atoms with Crippen molar-refractivity contribution in [1.82, 2.24) is 10.3 Å². The van der Waals surface area contributed by atoms with Gasteiger partial charge in [-0.15, -0.1) is 11.3 Å². The van der Waals surface area contributed by atoms with Crippen molar-refractivity contribution < 1.29 is 9.18 Å². The normalized spacial score (nSPS) is 10.8. The third-order valence-electron chi connectivity index (χ3n) is 2.88. The topological polar surface area (TPSA) is 42.0 Å². The highest BCUT2D eigenvalue weighted by atomic mass is 32.1. The molecule has 2 rings (SSSR count). The van der Waals surface area contributed by atoms with Crippen LogP contribution in [0.2, 0.25) is 0 Å². The fourth-order valence-electron chi connectivity index (χ4n) is 1.74. The zero-order valence-electron chi connectivity index (χ0n) is 11.7. The first-order chi connectivity index (χ1) is 9.47. The average molecular weight is 292 g/mol. The van der Waals surface area contributed by atoms with Gasteiger partial charge < -0.3 is 5.32 Å². The summed E-state index contributed by atoms with van der Waals surface area (Å²) in [5.41, 5.74) is 1.63. The summed E-state index contributed by atoms with van der Waals surface area (Å²) in [5.74, 6) is -0.0893. The molecular weight excluding hydrogens is 275 g/mol. The lowest BCUT2D eigenvalue weighted by molar-refractivity contribution is 0.0954. The fourth-order valence-corrected chi connectivity index (χ4v) is 2.73. The van der Waals surface area contributed by atoms with E-state index >= 15 is 0 Å². The lowest BCUT2D eigenvalue weighted by Gasteiger charge is -2.04. The summed E-state index contributed by atoms with van der Waals surface area (Å²) in [6, 6.07) is 6.09. The van der Waals surface area contributed by atoms with Crippen LogP contribution in [0.3, 0.4) is 0 Å². The van der Waals surface area contributed by atoms with Gasteiger partial charge in [-0.25, -0.2) is 9.37 Å². The Hall–Kier alpha value is -1.75. The van der Waals surface area contributed by atoms with Crippen LogP contribution in [0.25, 0.3) is 0 Å². The molecule has 0 aliphatic carbocycles. The Labute approximate surface area is 121 Å². The number of carbonyl (C=O) groups excluding carboxylic acids is 1. The van der Waals surface area contributed by atoms with E-state index in [0.29, 0.717) is 17.3 Å². The van der Waals surface area contributed by atoms with Gasteiger partial charge in [0.1, 0.15) is 10.7 Å². The molecule has 0 spiro atoms. The summed E-state index contributed by atoms with van der Waals surface area (Å²) >= 11 is 1.43. The molecule has 0 radical (unpaired) electrons. The average Bonchev–Trinajstić information content (AvgIpc) is 2.80. The number of nitrogens with one attached hydrogen (secondary N) is 1. The number of aromatic nitrogens is 1. The molecule has 1 aromatic heterocycles. The second-order valence-electron chi connectivity index (χ2n) is 4.93. The molecule has 0 fully saturated rings. The molecular formula is C15H17FN2OS. The molecule has 2 aromatic rings. The first-order valence-electron chi connectivity index (χ1n) is 6.47. The Kier molecular flexibility index (Phi) is 4.49. The molecule has 0 saturated carbocycles. The van der Waals surface area contributed by atoms with Crippen LogP contribution >= 0.6 is 11.3 Å². The van der Waals surface area contributed by atoms with E-state index in [4.69, 9.17) is 0 Å². The minimum absolute atomic E-state index is 0.128. The molecule has 0 aliphatic rings. The highest BCUT2D eigenvalue weighted by Crippen LogP contribution is 2.24. The van der Waals surface area contributed by atoms with Crippen molar-refractivity contribution in [2.75, 3.05) is 0 Å². The van der Waals surface area contributed by atoms with Crippen LogP contribution in [0.1, 0.15) is 45.7 Å². The van der Waals surface area contributed by atoms with Gasteiger partial charge in [0.2, 0.25) is 0 Å². The number of halogens is 1. The van der Waals surface area contributed by atoms with Gasteiger partial charge in [0, 0.05) is 12.5 Å². The van der Waals surface area contributed by atoms with Crippen molar-refractivity contribution >= 4 is 17.2 Å². The zero-order valence-corrected chi connectivity index (χ0v) is 12.6. The number of nitrogens with zero attached hydrogens (tertiary/aromatic N) is 1. The van der Waals surface area contributed by atoms with Crippen LogP contribution in [0.15, 0.2) is 24.3 Å². The molecule has 1 heterocycles. The fraction of sp³-hybridized carbons (Fsp3) is 0.333. The number of hydrogen-bond acceptors (Lipinski definition) is 3. The van der Waals surface area contributed by atoms with Crippen LogP contribution in [0.4, 0.5) is 4.39 Å². The van der Waals surface area contributed by atoms with E-state index < -0.39 is 0 Å². The number of rotatable bonds is 4. The van der Waals surface area contributed by atoms with Gasteiger partial charge in [0.25, 0.3) is 5.91 Å². The van der Waals surface area contributed by atoms with E-state index in [0.717, 1.165) is 16.3 Å². The predicted molar refractivity (Wildman–Crippen MR) is 78.5 cm³/mol. The first kappa shape index (κ1) is 14.7. The van der Waals surface area contributed by atoms with Gasteiger partial charge in [-0.2, -0.15) is 0 Å². The minimum atomic E-state index is -0.278. The third-order valence-corrected chi connectivity index (χ3v) is 4.34. The molecule has 5 heteroatoms. The Morgan fingerprint density at radius 2 is 2.00 bits per heavy atom. The minimum Gasteiger partial charge on any atom is -0.347 e. The number of amides is 1. The van der Waals surface area contributed by atoms with E-state index in [1.807, 2.05) is 6.92 Å². The molecule has 1 aromatic carbocycles. The molecule has 0 saturated heterocycles. The standard InChI is InChI=1S/C15H17FN2OS/c1-9(2)15-18-10(3)13(20-15)14(19)17-8-11-4-6-12(16)7-5-11/h4-7,9H,8H2,1-3H3,(H,17,19). The second-order valence-corrected chi connectivity index (χ2v) is 5.96. The monoisotopic (exact) mass is 292 g/mol. The lowest BCUT2D eigenvalue weighted by atomic mass is 10.2. The summed E-state index contributed by atoms with van der Waals surface area (Å²) in [6.45, 7) is 6.33. The van der Waals surface area contributed by atoms with E-state index in [-0.39, 0.29) is 11.7 Å². The maximum absolute atomic E-state index is 12.8. The Balaban J connectivity index is 2.03. The summed E-state index contributed by atoms with van der Waals surface area (Å²) in [5, 5.41) is 3.80. The molecule has 0 bridgehead atoms. The van der Waals surface area contributed by atoms with Crippen molar-refractivity contribution in [3.63, 3.8) is 0 Å². The van der Waals surface area contributed by atoms with Crippen LogP contribution in [-0.4, -0.2) is 10.9 Å². The highest BCUT2D eigenvalue weighted by molar-refractivity contribution is 7.13. The smallest absolute Gasteiger partial charge is 0.263 e. The Morgan fingerprint density at radius 1 is 1.35 bits per heavy atom. The van der Waals surface area contributed by atoms with Crippen molar-refractivity contribution in [1.29, 1.82) is 0 Å². The van der Waals surface area contributed by atoms with Gasteiger partial charge in [0.05, 0.1) is 10.7 Å². The first-order valence-corrected chi connectivity index (χ1v) is 7.29. The van der Waals surface area contributed by atoms with E-state index in [1.54, 1.807) is 12.1 Å². The number of thiazole rings is 1. The van der Waals surface area contributed by atoms with Crippen molar-refractivity contribution in [3.05, 3.63) is 51.2 Å². The molecule has 20 heavy (non-hydrogen) atoms. The summed E-state index contributed by atoms with van der Waals surface area (Å²) in [4.78, 5) is 17.2. The molecule has 0 atom stereocenters. The third kappa shape index (κ3) is 3.42. The largest absolute Gasteiger partial charge is 0.347 e. The van der Waals surface area contributed by atoms with Crippen LogP contribution in [-0.2, 0) is 6.54 Å². The quantitative estimate of drug-likeness (QED) is 0.934. The Bertz CT molecular complexity index is 605. The second kappa shape index (κ2) is 6.13. The number of hydrogen-bond donors (Lipinski definition) is 1. The van der Waals surface area contributed by atoms with E-state index in [1.165, 1.54) is 23.5 Å². The SMILES string of the molecule is Cc1nc(C(C)C)sc1C(=O)NCc1ccc(F)cc1. The molecule has 106 valence electrons. The maximum atomic E-state index is 12.8. The lowest BCUT2D eigenvalue weighted by Crippen LogP contribution is -2.22. The molecule has 1 amide bonds. The van der Waals surface area contributed by atoms with Crippen LogP contribution < -0.4 is 5.32 Å². The summed E-state index contributed by atoms with van der Waals surface area (Å²) < 4.78 is 12.8.